The molecule has 2 aromatic rings. The Balaban J connectivity index is 1.91. The number of hydrogen-bond donors (Lipinski definition) is 1. The zero-order valence-electron chi connectivity index (χ0n) is 14.3. The summed E-state index contributed by atoms with van der Waals surface area (Å²) in [5.41, 5.74) is 1.74. The van der Waals surface area contributed by atoms with Crippen LogP contribution in [0.5, 0.6) is 5.75 Å². The van der Waals surface area contributed by atoms with Crippen LogP contribution < -0.4 is 0 Å². The normalized spacial score (nSPS) is 10.5. The Labute approximate surface area is 144 Å². The van der Waals surface area contributed by atoms with Crippen molar-refractivity contribution in [2.24, 2.45) is 0 Å². The molecule has 0 heterocycles. The molecule has 0 aliphatic rings. The molecule has 2 rings (SSSR count). The van der Waals surface area contributed by atoms with Gasteiger partial charge in [-0.1, -0.05) is 81.5 Å². The monoisotopic (exact) mass is 326 g/mol. The number of rotatable bonds is 9. The van der Waals surface area contributed by atoms with Crippen molar-refractivity contribution in [3.8, 4) is 16.9 Å². The second-order valence-electron chi connectivity index (χ2n) is 5.97. The minimum absolute atomic E-state index is 0.0170. The first-order valence-electron chi connectivity index (χ1n) is 8.78. The summed E-state index contributed by atoms with van der Waals surface area (Å²) < 4.78 is 5.31. The minimum atomic E-state index is -0.459. The van der Waals surface area contributed by atoms with Crippen LogP contribution >= 0.6 is 0 Å². The van der Waals surface area contributed by atoms with Gasteiger partial charge in [-0.3, -0.25) is 0 Å². The lowest BCUT2D eigenvalue weighted by atomic mass is 10.0. The molecule has 0 bridgehead atoms. The van der Waals surface area contributed by atoms with Gasteiger partial charge >= 0.3 is 5.97 Å². The summed E-state index contributed by atoms with van der Waals surface area (Å²) in [5, 5.41) is 10.4. The van der Waals surface area contributed by atoms with Crippen LogP contribution in [0.3, 0.4) is 0 Å². The SMILES string of the molecule is CCCCCCCCOC(=O)c1cccc(-c2ccccc2)c1O. The van der Waals surface area contributed by atoms with E-state index in [0.717, 1.165) is 18.4 Å². The molecule has 0 amide bonds. The van der Waals surface area contributed by atoms with Crippen LogP contribution in [0, 0.1) is 0 Å². The van der Waals surface area contributed by atoms with Gasteiger partial charge in [0.1, 0.15) is 11.3 Å². The first kappa shape index (κ1) is 18.1. The third-order valence-corrected chi connectivity index (χ3v) is 4.07. The summed E-state index contributed by atoms with van der Waals surface area (Å²) in [5.74, 6) is -0.476. The number of ether oxygens (including phenoxy) is 1. The Hall–Kier alpha value is -2.29. The predicted molar refractivity (Wildman–Crippen MR) is 97.2 cm³/mol. The number of hydrogen-bond acceptors (Lipinski definition) is 3. The molecule has 0 atom stereocenters. The molecule has 0 saturated heterocycles. The molecule has 24 heavy (non-hydrogen) atoms. The average molecular weight is 326 g/mol. The van der Waals surface area contributed by atoms with Crippen LogP contribution in [0.2, 0.25) is 0 Å². The second kappa shape index (κ2) is 9.76. The Morgan fingerprint density at radius 1 is 0.917 bits per heavy atom. The molecule has 3 nitrogen and oxygen atoms in total. The van der Waals surface area contributed by atoms with Crippen molar-refractivity contribution in [2.45, 2.75) is 45.4 Å². The van der Waals surface area contributed by atoms with Gasteiger partial charge in [0.05, 0.1) is 6.61 Å². The van der Waals surface area contributed by atoms with E-state index in [0.29, 0.717) is 12.2 Å². The zero-order chi connectivity index (χ0) is 17.2. The molecule has 0 spiro atoms. The zero-order valence-corrected chi connectivity index (χ0v) is 14.3. The minimum Gasteiger partial charge on any atom is -0.506 e. The maximum absolute atomic E-state index is 12.2. The van der Waals surface area contributed by atoms with Gasteiger partial charge in [-0.2, -0.15) is 0 Å². The highest BCUT2D eigenvalue weighted by Crippen LogP contribution is 2.32. The number of benzene rings is 2. The highest BCUT2D eigenvalue weighted by molar-refractivity contribution is 5.95. The van der Waals surface area contributed by atoms with Gasteiger partial charge in [-0.25, -0.2) is 4.79 Å². The molecule has 1 N–H and O–H groups in total. The van der Waals surface area contributed by atoms with Gasteiger partial charge in [0.25, 0.3) is 0 Å². The van der Waals surface area contributed by atoms with Gasteiger partial charge in [0.15, 0.2) is 0 Å². The summed E-state index contributed by atoms with van der Waals surface area (Å²) in [4.78, 5) is 12.2. The number of unbranched alkanes of at least 4 members (excludes halogenated alkanes) is 5. The molecule has 0 radical (unpaired) electrons. The lowest BCUT2D eigenvalue weighted by Gasteiger charge is -2.10. The van der Waals surface area contributed by atoms with E-state index in [1.807, 2.05) is 30.3 Å². The topological polar surface area (TPSA) is 46.5 Å². The van der Waals surface area contributed by atoms with Crippen molar-refractivity contribution in [3.63, 3.8) is 0 Å². The molecule has 0 saturated carbocycles. The highest BCUT2D eigenvalue weighted by Gasteiger charge is 2.16. The molecule has 0 aromatic heterocycles. The van der Waals surface area contributed by atoms with E-state index >= 15 is 0 Å². The Morgan fingerprint density at radius 2 is 1.62 bits per heavy atom. The summed E-state index contributed by atoms with van der Waals surface area (Å²) in [6.07, 6.45) is 6.86. The van der Waals surface area contributed by atoms with Crippen molar-refractivity contribution >= 4 is 5.97 Å². The van der Waals surface area contributed by atoms with Crippen LogP contribution in [0.15, 0.2) is 48.5 Å². The van der Waals surface area contributed by atoms with Crippen molar-refractivity contribution in [2.75, 3.05) is 6.61 Å². The molecule has 0 unspecified atom stereocenters. The van der Waals surface area contributed by atoms with Gasteiger partial charge in [0.2, 0.25) is 0 Å². The predicted octanol–water partition coefficient (Wildman–Crippen LogP) is 5.58. The fraction of sp³-hybridized carbons (Fsp3) is 0.381. The Kier molecular flexibility index (Phi) is 7.34. The molecule has 128 valence electrons. The number of para-hydroxylation sites is 1. The van der Waals surface area contributed by atoms with E-state index in [2.05, 4.69) is 6.92 Å². The fourth-order valence-electron chi connectivity index (χ4n) is 2.68. The van der Waals surface area contributed by atoms with E-state index < -0.39 is 5.97 Å². The summed E-state index contributed by atoms with van der Waals surface area (Å²) >= 11 is 0. The van der Waals surface area contributed by atoms with Gasteiger partial charge in [-0.15, -0.1) is 0 Å². The quantitative estimate of drug-likeness (QED) is 0.483. The smallest absolute Gasteiger partial charge is 0.341 e. The van der Waals surface area contributed by atoms with Crippen LogP contribution in [-0.2, 0) is 4.74 Å². The van der Waals surface area contributed by atoms with Crippen LogP contribution in [0.4, 0.5) is 0 Å². The first-order chi connectivity index (χ1) is 11.7. The maximum Gasteiger partial charge on any atom is 0.341 e. The molecular weight excluding hydrogens is 300 g/mol. The maximum atomic E-state index is 12.2. The van der Waals surface area contributed by atoms with Crippen molar-refractivity contribution in [1.82, 2.24) is 0 Å². The van der Waals surface area contributed by atoms with E-state index in [9.17, 15) is 9.90 Å². The van der Waals surface area contributed by atoms with Crippen molar-refractivity contribution in [1.29, 1.82) is 0 Å². The fourth-order valence-corrected chi connectivity index (χ4v) is 2.68. The van der Waals surface area contributed by atoms with Crippen molar-refractivity contribution in [3.05, 3.63) is 54.1 Å². The molecule has 3 heteroatoms. The van der Waals surface area contributed by atoms with Crippen LogP contribution in [0.1, 0.15) is 55.8 Å². The third kappa shape index (κ3) is 5.12. The average Bonchev–Trinajstić information content (AvgIpc) is 2.61. The lowest BCUT2D eigenvalue weighted by Crippen LogP contribution is -2.07. The molecule has 2 aromatic carbocycles. The molecule has 0 fully saturated rings. The van der Waals surface area contributed by atoms with Crippen LogP contribution in [0.25, 0.3) is 11.1 Å². The Bertz CT molecular complexity index is 635. The first-order valence-corrected chi connectivity index (χ1v) is 8.78. The summed E-state index contributed by atoms with van der Waals surface area (Å²) in [6.45, 7) is 2.60. The number of esters is 1. The van der Waals surface area contributed by atoms with E-state index in [1.54, 1.807) is 18.2 Å². The van der Waals surface area contributed by atoms with E-state index in [4.69, 9.17) is 4.74 Å². The number of aromatic hydroxyl groups is 1. The van der Waals surface area contributed by atoms with Gasteiger partial charge in [0, 0.05) is 5.56 Å². The van der Waals surface area contributed by atoms with Crippen molar-refractivity contribution < 1.29 is 14.6 Å². The Morgan fingerprint density at radius 3 is 2.38 bits per heavy atom. The molecule has 0 aliphatic carbocycles. The molecular formula is C21H26O3. The van der Waals surface area contributed by atoms with E-state index in [-0.39, 0.29) is 11.3 Å². The number of carbonyl (C=O) groups is 1. The molecule has 0 aliphatic heterocycles. The number of carbonyl (C=O) groups excluding carboxylic acids is 1. The standard InChI is InChI=1S/C21H26O3/c1-2-3-4-5-6-10-16-24-21(23)19-15-11-14-18(20(19)22)17-12-8-7-9-13-17/h7-9,11-15,22H,2-6,10,16H2,1H3. The largest absolute Gasteiger partial charge is 0.506 e. The summed E-state index contributed by atoms with van der Waals surface area (Å²) in [6, 6.07) is 14.7. The number of phenols is 1. The van der Waals surface area contributed by atoms with Gasteiger partial charge in [-0.05, 0) is 18.1 Å². The number of phenolic OH excluding ortho intramolecular Hbond substituents is 1. The highest BCUT2D eigenvalue weighted by atomic mass is 16.5. The van der Waals surface area contributed by atoms with Gasteiger partial charge < -0.3 is 9.84 Å². The van der Waals surface area contributed by atoms with E-state index in [1.165, 1.54) is 25.7 Å². The third-order valence-electron chi connectivity index (χ3n) is 4.07. The summed E-state index contributed by atoms with van der Waals surface area (Å²) in [7, 11) is 0. The lowest BCUT2D eigenvalue weighted by molar-refractivity contribution is 0.0494. The second-order valence-corrected chi connectivity index (χ2v) is 5.97. The van der Waals surface area contributed by atoms with Crippen LogP contribution in [-0.4, -0.2) is 17.7 Å².